The second-order valence-corrected chi connectivity index (χ2v) is 7.13. The molecule has 1 rings (SSSR count). The van der Waals surface area contributed by atoms with Crippen molar-refractivity contribution in [2.75, 3.05) is 18.8 Å². The summed E-state index contributed by atoms with van der Waals surface area (Å²) in [7, 11) is -3.41. The first-order chi connectivity index (χ1) is 9.35. The Balaban J connectivity index is 2.86. The number of hydrogen-bond donors (Lipinski definition) is 1. The third kappa shape index (κ3) is 5.19. The van der Waals surface area contributed by atoms with Gasteiger partial charge in [-0.25, -0.2) is 12.7 Å². The Morgan fingerprint density at radius 1 is 1.30 bits per heavy atom. The normalized spacial score (nSPS) is 11.8. The Morgan fingerprint density at radius 2 is 1.90 bits per heavy atom. The van der Waals surface area contributed by atoms with Gasteiger partial charge in [0.2, 0.25) is 10.0 Å². The molecule has 5 nitrogen and oxygen atoms in total. The zero-order valence-corrected chi connectivity index (χ0v) is 12.7. The predicted octanol–water partition coefficient (Wildman–Crippen LogP) is 1.97. The Morgan fingerprint density at radius 3 is 2.40 bits per heavy atom. The van der Waals surface area contributed by atoms with E-state index in [0.717, 1.165) is 0 Å². The van der Waals surface area contributed by atoms with Gasteiger partial charge in [-0.1, -0.05) is 26.0 Å². The van der Waals surface area contributed by atoms with Crippen molar-refractivity contribution < 1.29 is 8.42 Å². The number of nitrogens with two attached hydrogens (primary N) is 1. The summed E-state index contributed by atoms with van der Waals surface area (Å²) < 4.78 is 26.2. The van der Waals surface area contributed by atoms with Gasteiger partial charge in [-0.05, 0) is 23.6 Å². The molecule has 6 heteroatoms. The van der Waals surface area contributed by atoms with Crippen LogP contribution in [0.5, 0.6) is 0 Å². The molecule has 0 aromatic heterocycles. The van der Waals surface area contributed by atoms with Gasteiger partial charge in [0, 0.05) is 25.2 Å². The third-order valence-corrected chi connectivity index (χ3v) is 4.58. The van der Waals surface area contributed by atoms with Crippen LogP contribution in [0.25, 0.3) is 0 Å². The molecule has 0 fully saturated rings. The number of rotatable bonds is 7. The first-order valence-corrected chi connectivity index (χ1v) is 8.15. The van der Waals surface area contributed by atoms with Crippen LogP contribution in [0.4, 0.5) is 5.69 Å². The summed E-state index contributed by atoms with van der Waals surface area (Å²) in [5.41, 5.74) is 6.89. The highest BCUT2D eigenvalue weighted by Crippen LogP contribution is 2.14. The Kier molecular flexibility index (Phi) is 5.99. The second-order valence-electron chi connectivity index (χ2n) is 5.16. The minimum absolute atomic E-state index is 0.0641. The molecule has 1 aromatic rings. The monoisotopic (exact) mass is 295 g/mol. The molecule has 2 N–H and O–H groups in total. The van der Waals surface area contributed by atoms with E-state index in [-0.39, 0.29) is 24.6 Å². The molecule has 0 saturated heterocycles. The van der Waals surface area contributed by atoms with Gasteiger partial charge in [0.05, 0.1) is 11.8 Å². The molecule has 110 valence electrons. The maximum atomic E-state index is 12.4. The summed E-state index contributed by atoms with van der Waals surface area (Å²) in [6.07, 6.45) is 0.202. The minimum Gasteiger partial charge on any atom is -0.399 e. The summed E-state index contributed by atoms with van der Waals surface area (Å²) in [6.45, 7) is 4.58. The van der Waals surface area contributed by atoms with Crippen molar-refractivity contribution in [3.63, 3.8) is 0 Å². The quantitative estimate of drug-likeness (QED) is 0.779. The number of nitrogens with zero attached hydrogens (tertiary/aromatic N) is 2. The van der Waals surface area contributed by atoms with Crippen molar-refractivity contribution in [2.45, 2.75) is 26.0 Å². The molecular formula is C14H21N3O2S. The zero-order chi connectivity index (χ0) is 15.2. The first kappa shape index (κ1) is 16.5. The van der Waals surface area contributed by atoms with Crippen LogP contribution in [-0.2, 0) is 15.8 Å². The van der Waals surface area contributed by atoms with E-state index in [1.807, 2.05) is 19.9 Å². The number of hydrogen-bond acceptors (Lipinski definition) is 4. The van der Waals surface area contributed by atoms with E-state index < -0.39 is 10.0 Å². The fourth-order valence-corrected chi connectivity index (χ4v) is 3.53. The average molecular weight is 295 g/mol. The highest BCUT2D eigenvalue weighted by Gasteiger charge is 2.22. The van der Waals surface area contributed by atoms with E-state index in [0.29, 0.717) is 17.8 Å². The van der Waals surface area contributed by atoms with Crippen molar-refractivity contribution in [3.05, 3.63) is 29.8 Å². The highest BCUT2D eigenvalue weighted by molar-refractivity contribution is 7.88. The lowest BCUT2D eigenvalue weighted by atomic mass is 10.2. The molecule has 0 aliphatic carbocycles. The SMILES string of the molecule is CC(C)CN(CCC#N)S(=O)(=O)Cc1ccc(N)cc1. The molecule has 0 amide bonds. The summed E-state index contributed by atoms with van der Waals surface area (Å²) in [6, 6.07) is 8.79. The standard InChI is InChI=1S/C14H21N3O2S/c1-12(2)10-17(9-3-8-15)20(18,19)11-13-4-6-14(16)7-5-13/h4-7,12H,3,9-11,16H2,1-2H3. The van der Waals surface area contributed by atoms with Gasteiger partial charge in [-0.3, -0.25) is 0 Å². The fraction of sp³-hybridized carbons (Fsp3) is 0.500. The largest absolute Gasteiger partial charge is 0.399 e. The molecule has 0 atom stereocenters. The average Bonchev–Trinajstić information content (AvgIpc) is 2.36. The van der Waals surface area contributed by atoms with E-state index in [1.54, 1.807) is 24.3 Å². The Hall–Kier alpha value is -1.58. The number of nitriles is 1. The van der Waals surface area contributed by atoms with Gasteiger partial charge in [0.1, 0.15) is 0 Å². The van der Waals surface area contributed by atoms with Gasteiger partial charge in [0.25, 0.3) is 0 Å². The molecule has 0 aliphatic rings. The van der Waals surface area contributed by atoms with E-state index >= 15 is 0 Å². The molecule has 0 aliphatic heterocycles. The van der Waals surface area contributed by atoms with Crippen LogP contribution in [0.3, 0.4) is 0 Å². The molecule has 20 heavy (non-hydrogen) atoms. The van der Waals surface area contributed by atoms with Crippen LogP contribution in [-0.4, -0.2) is 25.8 Å². The van der Waals surface area contributed by atoms with Crippen LogP contribution >= 0.6 is 0 Å². The van der Waals surface area contributed by atoms with Gasteiger partial charge in [-0.15, -0.1) is 0 Å². The van der Waals surface area contributed by atoms with Crippen LogP contribution in [0.1, 0.15) is 25.8 Å². The lowest BCUT2D eigenvalue weighted by Gasteiger charge is -2.23. The van der Waals surface area contributed by atoms with Gasteiger partial charge in [0.15, 0.2) is 0 Å². The number of sulfonamides is 1. The second kappa shape index (κ2) is 7.27. The topological polar surface area (TPSA) is 87.2 Å². The third-order valence-electron chi connectivity index (χ3n) is 2.76. The van der Waals surface area contributed by atoms with Crippen LogP contribution in [0.2, 0.25) is 0 Å². The van der Waals surface area contributed by atoms with Crippen molar-refractivity contribution >= 4 is 15.7 Å². The lowest BCUT2D eigenvalue weighted by Crippen LogP contribution is -2.35. The molecule has 0 unspecified atom stereocenters. The van der Waals surface area contributed by atoms with Crippen molar-refractivity contribution in [3.8, 4) is 6.07 Å². The van der Waals surface area contributed by atoms with Crippen molar-refractivity contribution in [1.82, 2.24) is 4.31 Å². The van der Waals surface area contributed by atoms with Gasteiger partial charge in [-0.2, -0.15) is 5.26 Å². The summed E-state index contributed by atoms with van der Waals surface area (Å²) in [5.74, 6) is 0.153. The molecule has 1 aromatic carbocycles. The maximum Gasteiger partial charge on any atom is 0.218 e. The van der Waals surface area contributed by atoms with E-state index in [4.69, 9.17) is 11.0 Å². The van der Waals surface area contributed by atoms with Crippen molar-refractivity contribution in [2.24, 2.45) is 5.92 Å². The van der Waals surface area contributed by atoms with E-state index in [9.17, 15) is 8.42 Å². The lowest BCUT2D eigenvalue weighted by molar-refractivity contribution is 0.372. The molecule has 0 saturated carbocycles. The van der Waals surface area contributed by atoms with Crippen LogP contribution < -0.4 is 5.73 Å². The van der Waals surface area contributed by atoms with E-state index in [1.165, 1.54) is 4.31 Å². The molecule has 0 heterocycles. The van der Waals surface area contributed by atoms with E-state index in [2.05, 4.69) is 0 Å². The zero-order valence-electron chi connectivity index (χ0n) is 11.9. The fourth-order valence-electron chi connectivity index (χ4n) is 1.84. The number of anilines is 1. The molecule has 0 radical (unpaired) electrons. The van der Waals surface area contributed by atoms with Crippen molar-refractivity contribution in [1.29, 1.82) is 5.26 Å². The highest BCUT2D eigenvalue weighted by atomic mass is 32.2. The Bertz CT molecular complexity index is 559. The van der Waals surface area contributed by atoms with Crippen LogP contribution in [0.15, 0.2) is 24.3 Å². The summed E-state index contributed by atoms with van der Waals surface area (Å²) in [5, 5.41) is 8.65. The molecule has 0 spiro atoms. The molecular weight excluding hydrogens is 274 g/mol. The summed E-state index contributed by atoms with van der Waals surface area (Å²) in [4.78, 5) is 0. The smallest absolute Gasteiger partial charge is 0.218 e. The van der Waals surface area contributed by atoms with Crippen LogP contribution in [0, 0.1) is 17.2 Å². The maximum absolute atomic E-state index is 12.4. The number of nitrogen functional groups attached to an aromatic ring is 1. The van der Waals surface area contributed by atoms with Gasteiger partial charge < -0.3 is 5.73 Å². The minimum atomic E-state index is -3.41. The molecule has 0 bridgehead atoms. The first-order valence-electron chi connectivity index (χ1n) is 6.54. The van der Waals surface area contributed by atoms with Gasteiger partial charge >= 0.3 is 0 Å². The predicted molar refractivity (Wildman–Crippen MR) is 80.1 cm³/mol. The Labute approximate surface area is 121 Å². The number of benzene rings is 1. The summed E-state index contributed by atoms with van der Waals surface area (Å²) >= 11 is 0.